The average Bonchev–Trinajstić information content (AvgIpc) is 2.15. The second kappa shape index (κ2) is 7.77. The summed E-state index contributed by atoms with van der Waals surface area (Å²) in [6.07, 6.45) is 0. The maximum absolute atomic E-state index is 11.4. The molecule has 0 aliphatic carbocycles. The Kier molecular flexibility index (Phi) is 9.84. The molecule has 0 aliphatic rings. The summed E-state index contributed by atoms with van der Waals surface area (Å²) in [6.45, 7) is 0. The molecule has 0 unspecified atom stereocenters. The highest BCUT2D eigenvalue weighted by Gasteiger charge is 2.69. The first-order valence-corrected chi connectivity index (χ1v) is 12.2. The quantitative estimate of drug-likeness (QED) is 0.285. The lowest BCUT2D eigenvalue weighted by Crippen LogP contribution is -2.60. The van der Waals surface area contributed by atoms with Gasteiger partial charge in [-0.25, -0.2) is 9.59 Å². The number of hydrogen-bond donors (Lipinski definition) is 2. The fraction of sp³-hybridized carbons (Fsp3) is 0.667. The largest absolute Gasteiger partial charge is 0.480 e. The zero-order valence-corrected chi connectivity index (χ0v) is 25.0. The van der Waals surface area contributed by atoms with Crippen LogP contribution in [0.2, 0.25) is 0 Å². The Hall–Kier alpha value is 4.78. The molecule has 0 bridgehead atoms. The summed E-state index contributed by atoms with van der Waals surface area (Å²) in [5.74, 6) is -1.95. The molecule has 18 heavy (non-hydrogen) atoms. The normalized spacial score (nSPS) is 14.4. The van der Waals surface area contributed by atoms with Gasteiger partial charge in [0.2, 0.25) is 0 Å². The smallest absolute Gasteiger partial charge is 0.332 e. The molecule has 0 atom stereocenters. The summed E-state index contributed by atoms with van der Waals surface area (Å²) in [5, 5.41) is 18.7. The second-order valence-electron chi connectivity index (χ2n) is 2.91. The summed E-state index contributed by atoms with van der Waals surface area (Å²) in [4.78, 5) is 22.9. The summed E-state index contributed by atoms with van der Waals surface area (Å²) in [6, 6.07) is 0. The van der Waals surface area contributed by atoms with Crippen molar-refractivity contribution in [1.82, 2.24) is 0 Å². The van der Waals surface area contributed by atoms with Crippen LogP contribution in [-0.4, -0.2) is 27.9 Å². The van der Waals surface area contributed by atoms with Crippen molar-refractivity contribution in [2.45, 2.75) is 5.71 Å². The maximum atomic E-state index is 11.4. The Bertz CT molecular complexity index is 340. The van der Waals surface area contributed by atoms with E-state index in [9.17, 15) is 19.8 Å². The maximum Gasteiger partial charge on any atom is 0.332 e. The lowest BCUT2D eigenvalue weighted by atomic mass is 10.2. The Morgan fingerprint density at radius 3 is 0.889 bits per heavy atom. The van der Waals surface area contributed by atoms with Gasteiger partial charge in [-0.3, -0.25) is 0 Å². The monoisotopic (exact) mass is 1150 g/mol. The molecular weight excluding hydrogens is 1150 g/mol. The van der Waals surface area contributed by atoms with E-state index in [1.165, 1.54) is 0 Å². The van der Waals surface area contributed by atoms with Crippen LogP contribution in [0.5, 0.6) is 0 Å². The highest BCUT2D eigenvalue weighted by atomic mass is 127. The molecule has 0 fully saturated rings. The van der Waals surface area contributed by atoms with Crippen LogP contribution in [0.15, 0.2) is 0 Å². The van der Waals surface area contributed by atoms with Gasteiger partial charge in [0.15, 0.2) is 2.86 Å². The van der Waals surface area contributed by atoms with Crippen molar-refractivity contribution in [3.8, 4) is 0 Å². The van der Waals surface area contributed by atoms with Gasteiger partial charge in [0, 0.05) is 0 Å². The fourth-order valence-electron chi connectivity index (χ4n) is 0.663. The molecule has 4 nitrogen and oxygen atoms in total. The van der Waals surface area contributed by atoms with E-state index >= 15 is 0 Å². The van der Waals surface area contributed by atoms with Gasteiger partial charge in [0.25, 0.3) is 0 Å². The molecule has 12 heteroatoms. The Balaban J connectivity index is 5.89. The molecular formula is C6H2I8O4. The number of halogens is 8. The van der Waals surface area contributed by atoms with Crippen LogP contribution in [0, 0.1) is 0 Å². The second-order valence-corrected chi connectivity index (χ2v) is 24.1. The van der Waals surface area contributed by atoms with Crippen molar-refractivity contribution in [3.63, 3.8) is 0 Å². The van der Waals surface area contributed by atoms with E-state index in [0.717, 1.165) is 0 Å². The van der Waals surface area contributed by atoms with E-state index in [1.807, 2.05) is 181 Å². The number of carbonyl (C=O) groups is 2. The first-order chi connectivity index (χ1) is 7.64. The Morgan fingerprint density at radius 2 is 0.778 bits per heavy atom. The van der Waals surface area contributed by atoms with Crippen LogP contribution in [0.1, 0.15) is 0 Å². The topological polar surface area (TPSA) is 74.6 Å². The van der Waals surface area contributed by atoms with Crippen molar-refractivity contribution in [2.75, 3.05) is 0 Å². The molecule has 0 radical (unpaired) electrons. The van der Waals surface area contributed by atoms with Crippen molar-refractivity contribution in [3.05, 3.63) is 0 Å². The van der Waals surface area contributed by atoms with Gasteiger partial charge in [-0.15, -0.1) is 0 Å². The number of hydrogen-bond acceptors (Lipinski definition) is 2. The van der Waals surface area contributed by atoms with Gasteiger partial charge in [-0.1, -0.05) is 181 Å². The van der Waals surface area contributed by atoms with Gasteiger partial charge in [-0.05, 0) is 0 Å². The third-order valence-corrected chi connectivity index (χ3v) is 25.7. The van der Waals surface area contributed by atoms with E-state index in [4.69, 9.17) is 0 Å². The van der Waals surface area contributed by atoms with E-state index < -0.39 is 17.7 Å². The van der Waals surface area contributed by atoms with Crippen LogP contribution < -0.4 is 0 Å². The molecule has 0 aromatic carbocycles. The molecule has 0 aromatic rings. The highest BCUT2D eigenvalue weighted by Crippen LogP contribution is 2.68. The number of carboxylic acids is 2. The zero-order chi connectivity index (χ0) is 15.2. The first kappa shape index (κ1) is 22.8. The van der Waals surface area contributed by atoms with Crippen LogP contribution in [0.3, 0.4) is 0 Å². The van der Waals surface area contributed by atoms with Gasteiger partial charge in [-0.2, -0.15) is 0 Å². The summed E-state index contributed by atoms with van der Waals surface area (Å²) in [7, 11) is 0. The molecule has 0 saturated carbocycles. The Labute approximate surface area is 213 Å². The van der Waals surface area contributed by atoms with Gasteiger partial charge < -0.3 is 10.2 Å². The van der Waals surface area contributed by atoms with E-state index in [0.29, 0.717) is 0 Å². The number of rotatable bonds is 5. The lowest BCUT2D eigenvalue weighted by Gasteiger charge is -2.45. The molecule has 0 saturated heterocycles. The van der Waals surface area contributed by atoms with E-state index in [1.54, 1.807) is 0 Å². The van der Waals surface area contributed by atoms with Crippen molar-refractivity contribution in [1.29, 1.82) is 0 Å². The summed E-state index contributed by atoms with van der Waals surface area (Å²) >= 11 is 15.6. The molecule has 106 valence electrons. The minimum absolute atomic E-state index is 0.829. The standard InChI is InChI=1S/C6H2I8O4/c7-3(8,1(15)16)5(11,12)6(13,14)4(9,10)2(17)18/h(H,15,16)(H,17,18). The molecule has 0 heterocycles. The van der Waals surface area contributed by atoms with Gasteiger partial charge in [0.05, 0.1) is 0 Å². The molecule has 0 spiro atoms. The SMILES string of the molecule is O=C(O)C(I)(I)C(I)(I)C(I)(I)C(I)(I)C(=O)O. The first-order valence-electron chi connectivity index (χ1n) is 3.62. The minimum atomic E-state index is -1.14. The van der Waals surface area contributed by atoms with Crippen LogP contribution in [-0.2, 0) is 9.59 Å². The highest BCUT2D eigenvalue weighted by molar-refractivity contribution is 14.2. The molecule has 0 aromatic heterocycles. The average molecular weight is 1150 g/mol. The number of carboxylic acid groups (broad SMARTS) is 2. The van der Waals surface area contributed by atoms with Crippen molar-refractivity contribution >= 4 is 193 Å². The predicted molar refractivity (Wildman–Crippen MR) is 138 cm³/mol. The zero-order valence-electron chi connectivity index (χ0n) is 7.73. The fourth-order valence-corrected chi connectivity index (χ4v) is 8.95. The summed E-state index contributed by atoms with van der Waals surface area (Å²) < 4.78 is -3.93. The van der Waals surface area contributed by atoms with E-state index in [-0.39, 0.29) is 0 Å². The van der Waals surface area contributed by atoms with Crippen LogP contribution in [0.25, 0.3) is 0 Å². The minimum Gasteiger partial charge on any atom is -0.480 e. The predicted octanol–water partition coefficient (Wildman–Crippen LogP) is 5.42. The molecule has 2 N–H and O–H groups in total. The van der Waals surface area contributed by atoms with Gasteiger partial charge >= 0.3 is 11.9 Å². The molecule has 0 rings (SSSR count). The van der Waals surface area contributed by atoms with Gasteiger partial charge in [0.1, 0.15) is 2.86 Å². The molecule has 0 aliphatic heterocycles. The van der Waals surface area contributed by atoms with E-state index in [2.05, 4.69) is 0 Å². The summed E-state index contributed by atoms with van der Waals surface area (Å²) in [5.41, 5.74) is 0. The third-order valence-electron chi connectivity index (χ3n) is 1.72. The van der Waals surface area contributed by atoms with Crippen LogP contribution >= 0.6 is 181 Å². The third kappa shape index (κ3) is 4.24. The lowest BCUT2D eigenvalue weighted by molar-refractivity contribution is -0.138. The van der Waals surface area contributed by atoms with Crippen molar-refractivity contribution in [2.24, 2.45) is 0 Å². The number of aliphatic carboxylic acids is 2. The van der Waals surface area contributed by atoms with Crippen LogP contribution in [0.4, 0.5) is 0 Å². The molecule has 0 amide bonds. The van der Waals surface area contributed by atoms with Crippen molar-refractivity contribution < 1.29 is 19.8 Å². The Morgan fingerprint density at radius 1 is 0.611 bits per heavy atom. The number of alkyl halides is 8.